The number of hydrogen-bond acceptors (Lipinski definition) is 3. The zero-order valence-electron chi connectivity index (χ0n) is 15.3. The van der Waals surface area contributed by atoms with Crippen LogP contribution in [-0.2, 0) is 16.0 Å². The number of aryl methyl sites for hydroxylation is 2. The van der Waals surface area contributed by atoms with Crippen LogP contribution < -0.4 is 0 Å². The molecular formula is C20H30N2O2. The first-order chi connectivity index (χ1) is 11.5. The van der Waals surface area contributed by atoms with Crippen LogP contribution in [-0.4, -0.2) is 61.6 Å². The van der Waals surface area contributed by atoms with Gasteiger partial charge in [0.25, 0.3) is 0 Å². The predicted octanol–water partition coefficient (Wildman–Crippen LogP) is 2.50. The second kappa shape index (κ2) is 7.24. The second-order valence-electron chi connectivity index (χ2n) is 7.64. The lowest BCUT2D eigenvalue weighted by molar-refractivity contribution is -0.150. The maximum Gasteiger partial charge on any atom is 0.223 e. The van der Waals surface area contributed by atoms with E-state index in [1.54, 1.807) is 7.11 Å². The average Bonchev–Trinajstić information content (AvgIpc) is 2.54. The number of piperidine rings is 1. The molecule has 24 heavy (non-hydrogen) atoms. The minimum absolute atomic E-state index is 0.194. The zero-order valence-corrected chi connectivity index (χ0v) is 15.3. The number of likely N-dealkylation sites (tertiary alicyclic amines) is 2. The number of hydrogen-bond donors (Lipinski definition) is 0. The van der Waals surface area contributed by atoms with E-state index in [0.717, 1.165) is 39.1 Å². The van der Waals surface area contributed by atoms with Crippen molar-refractivity contribution in [2.75, 3.05) is 40.4 Å². The summed E-state index contributed by atoms with van der Waals surface area (Å²) in [5.74, 6) is 0.932. The molecular weight excluding hydrogens is 300 g/mol. The topological polar surface area (TPSA) is 32.8 Å². The number of ether oxygens (including phenoxy) is 1. The van der Waals surface area contributed by atoms with Crippen molar-refractivity contribution in [2.45, 2.75) is 38.1 Å². The number of amides is 1. The summed E-state index contributed by atoms with van der Waals surface area (Å²) in [5.41, 5.74) is 2.76. The molecule has 4 nitrogen and oxygen atoms in total. The van der Waals surface area contributed by atoms with Crippen LogP contribution in [0.2, 0.25) is 0 Å². The highest BCUT2D eigenvalue weighted by molar-refractivity contribution is 5.77. The summed E-state index contributed by atoms with van der Waals surface area (Å²) in [7, 11) is 3.99. The van der Waals surface area contributed by atoms with Gasteiger partial charge in [-0.05, 0) is 56.8 Å². The van der Waals surface area contributed by atoms with E-state index >= 15 is 0 Å². The fourth-order valence-electron chi connectivity index (χ4n) is 4.29. The fourth-order valence-corrected chi connectivity index (χ4v) is 4.29. The number of rotatable bonds is 5. The molecule has 2 saturated heterocycles. The molecule has 4 heteroatoms. The molecule has 0 bridgehead atoms. The Labute approximate surface area is 145 Å². The van der Waals surface area contributed by atoms with Gasteiger partial charge < -0.3 is 9.64 Å². The smallest absolute Gasteiger partial charge is 0.223 e. The Kier molecular flexibility index (Phi) is 5.26. The van der Waals surface area contributed by atoms with Gasteiger partial charge >= 0.3 is 0 Å². The van der Waals surface area contributed by atoms with Crippen molar-refractivity contribution in [3.05, 3.63) is 35.4 Å². The van der Waals surface area contributed by atoms with Gasteiger partial charge in [-0.25, -0.2) is 0 Å². The summed E-state index contributed by atoms with van der Waals surface area (Å²) in [5, 5.41) is 0. The van der Waals surface area contributed by atoms with E-state index in [2.05, 4.69) is 43.1 Å². The number of likely N-dealkylation sites (N-methyl/N-ethyl adjacent to an activating group) is 1. The molecule has 2 heterocycles. The lowest BCUT2D eigenvalue weighted by Crippen LogP contribution is -2.72. The Hall–Kier alpha value is -1.39. The van der Waals surface area contributed by atoms with Gasteiger partial charge in [0.1, 0.15) is 0 Å². The lowest BCUT2D eigenvalue weighted by Gasteiger charge is -2.58. The number of carbonyl (C=O) groups is 1. The fraction of sp³-hybridized carbons (Fsp3) is 0.650. The maximum atomic E-state index is 12.5. The van der Waals surface area contributed by atoms with E-state index in [9.17, 15) is 4.79 Å². The van der Waals surface area contributed by atoms with Gasteiger partial charge in [0.05, 0.1) is 5.54 Å². The van der Waals surface area contributed by atoms with E-state index < -0.39 is 0 Å². The molecule has 1 aromatic rings. The Morgan fingerprint density at radius 3 is 2.79 bits per heavy atom. The second-order valence-corrected chi connectivity index (χ2v) is 7.64. The van der Waals surface area contributed by atoms with Crippen LogP contribution in [0.5, 0.6) is 0 Å². The van der Waals surface area contributed by atoms with Crippen LogP contribution in [0, 0.1) is 12.8 Å². The van der Waals surface area contributed by atoms with Crippen molar-refractivity contribution < 1.29 is 9.53 Å². The molecule has 2 aliphatic rings. The van der Waals surface area contributed by atoms with Crippen molar-refractivity contribution in [1.82, 2.24) is 9.80 Å². The molecule has 1 spiro atoms. The number of benzene rings is 1. The molecule has 2 aliphatic heterocycles. The molecule has 0 aromatic heterocycles. The summed E-state index contributed by atoms with van der Waals surface area (Å²) in [6.07, 6.45) is 3.82. The number of nitrogens with zero attached hydrogens (tertiary/aromatic N) is 2. The van der Waals surface area contributed by atoms with Crippen molar-refractivity contribution in [2.24, 2.45) is 5.92 Å². The standard InChI is InChI=1S/C20H30N2O2/c1-16-6-4-5-7-18(16)8-9-19(23)22-14-20(15-22)12-17(13-24-3)10-11-21(20)2/h4-7,17H,8-15H2,1-3H3. The normalized spacial score (nSPS) is 23.3. The summed E-state index contributed by atoms with van der Waals surface area (Å²) in [4.78, 5) is 17.0. The Bertz CT molecular complexity index is 581. The van der Waals surface area contributed by atoms with Crippen LogP contribution in [0.1, 0.15) is 30.4 Å². The van der Waals surface area contributed by atoms with Crippen molar-refractivity contribution in [3.8, 4) is 0 Å². The van der Waals surface area contributed by atoms with Crippen LogP contribution in [0.15, 0.2) is 24.3 Å². The summed E-state index contributed by atoms with van der Waals surface area (Å²) in [6.45, 7) is 5.84. The molecule has 1 aromatic carbocycles. The van der Waals surface area contributed by atoms with E-state index in [-0.39, 0.29) is 5.54 Å². The highest BCUT2D eigenvalue weighted by atomic mass is 16.5. The highest BCUT2D eigenvalue weighted by Gasteiger charge is 2.50. The van der Waals surface area contributed by atoms with Crippen LogP contribution in [0.4, 0.5) is 0 Å². The van der Waals surface area contributed by atoms with Gasteiger partial charge in [0, 0.05) is 33.2 Å². The summed E-state index contributed by atoms with van der Waals surface area (Å²) < 4.78 is 5.35. The van der Waals surface area contributed by atoms with Gasteiger partial charge in [0.15, 0.2) is 0 Å². The number of methoxy groups -OCH3 is 1. The van der Waals surface area contributed by atoms with Crippen LogP contribution >= 0.6 is 0 Å². The van der Waals surface area contributed by atoms with Crippen molar-refractivity contribution in [3.63, 3.8) is 0 Å². The predicted molar refractivity (Wildman–Crippen MR) is 96.0 cm³/mol. The first kappa shape index (κ1) is 17.4. The molecule has 3 rings (SSSR count). The molecule has 0 aliphatic carbocycles. The lowest BCUT2D eigenvalue weighted by atomic mass is 9.75. The minimum Gasteiger partial charge on any atom is -0.384 e. The molecule has 1 atom stereocenters. The first-order valence-electron chi connectivity index (χ1n) is 9.06. The van der Waals surface area contributed by atoms with Crippen molar-refractivity contribution >= 4 is 5.91 Å². The van der Waals surface area contributed by atoms with Gasteiger partial charge in [-0.1, -0.05) is 24.3 Å². The monoisotopic (exact) mass is 330 g/mol. The Morgan fingerprint density at radius 2 is 2.08 bits per heavy atom. The highest BCUT2D eigenvalue weighted by Crippen LogP contribution is 2.38. The van der Waals surface area contributed by atoms with Crippen LogP contribution in [0.3, 0.4) is 0 Å². The first-order valence-corrected chi connectivity index (χ1v) is 9.06. The SMILES string of the molecule is COCC1CCN(C)C2(C1)CN(C(=O)CCc1ccccc1C)C2. The Morgan fingerprint density at radius 1 is 1.33 bits per heavy atom. The van der Waals surface area contributed by atoms with Gasteiger partial charge in [-0.2, -0.15) is 0 Å². The van der Waals surface area contributed by atoms with E-state index in [4.69, 9.17) is 4.74 Å². The zero-order chi connectivity index (χ0) is 17.2. The van der Waals surface area contributed by atoms with Crippen LogP contribution in [0.25, 0.3) is 0 Å². The third kappa shape index (κ3) is 3.50. The van der Waals surface area contributed by atoms with E-state index in [1.807, 2.05) is 4.90 Å². The molecule has 2 fully saturated rings. The minimum atomic E-state index is 0.194. The largest absolute Gasteiger partial charge is 0.384 e. The molecule has 1 amide bonds. The van der Waals surface area contributed by atoms with Gasteiger partial charge in [-0.15, -0.1) is 0 Å². The van der Waals surface area contributed by atoms with Gasteiger partial charge in [0.2, 0.25) is 5.91 Å². The average molecular weight is 330 g/mol. The Balaban J connectivity index is 1.51. The number of carbonyl (C=O) groups excluding carboxylic acids is 1. The maximum absolute atomic E-state index is 12.5. The van der Waals surface area contributed by atoms with E-state index in [1.165, 1.54) is 17.5 Å². The van der Waals surface area contributed by atoms with E-state index in [0.29, 0.717) is 18.2 Å². The molecule has 132 valence electrons. The molecule has 0 radical (unpaired) electrons. The summed E-state index contributed by atoms with van der Waals surface area (Å²) in [6, 6.07) is 8.35. The third-order valence-electron chi connectivity index (χ3n) is 5.95. The quantitative estimate of drug-likeness (QED) is 0.831. The summed E-state index contributed by atoms with van der Waals surface area (Å²) >= 11 is 0. The molecule has 1 unspecified atom stereocenters. The van der Waals surface area contributed by atoms with Gasteiger partial charge in [-0.3, -0.25) is 9.69 Å². The molecule has 0 saturated carbocycles. The molecule has 0 N–H and O–H groups in total. The van der Waals surface area contributed by atoms with Crippen molar-refractivity contribution in [1.29, 1.82) is 0 Å². The third-order valence-corrected chi connectivity index (χ3v) is 5.95.